The summed E-state index contributed by atoms with van der Waals surface area (Å²) in [6, 6.07) is 4.43. The maximum absolute atomic E-state index is 11.8. The lowest BCUT2D eigenvalue weighted by Crippen LogP contribution is -2.31. The zero-order chi connectivity index (χ0) is 16.2. The summed E-state index contributed by atoms with van der Waals surface area (Å²) in [5.74, 6) is -0.648. The monoisotopic (exact) mass is 331 g/mol. The fraction of sp³-hybridized carbons (Fsp3) is 0.333. The fourth-order valence-electron chi connectivity index (χ4n) is 1.70. The molecule has 0 spiro atoms. The van der Waals surface area contributed by atoms with E-state index < -0.39 is 16.0 Å². The third kappa shape index (κ3) is 5.20. The minimum absolute atomic E-state index is 0.108. The Balaban J connectivity index is 3.24. The van der Waals surface area contributed by atoms with Crippen LogP contribution >= 0.6 is 12.2 Å². The number of anilines is 1. The number of hydrogen-bond acceptors (Lipinski definition) is 5. The number of esters is 1. The second kappa shape index (κ2) is 6.72. The van der Waals surface area contributed by atoms with Crippen molar-refractivity contribution in [1.29, 1.82) is 0 Å². The molecule has 0 aliphatic heterocycles. The van der Waals surface area contributed by atoms with Gasteiger partial charge in [-0.25, -0.2) is 13.2 Å². The van der Waals surface area contributed by atoms with Gasteiger partial charge in [0.1, 0.15) is 0 Å². The smallest absolute Gasteiger partial charge is 0.340 e. The molecule has 0 fully saturated rings. The van der Waals surface area contributed by atoms with Crippen molar-refractivity contribution < 1.29 is 17.9 Å². The Kier molecular flexibility index (Phi) is 5.50. The first-order valence-corrected chi connectivity index (χ1v) is 8.20. The highest BCUT2D eigenvalue weighted by molar-refractivity contribution is 7.92. The summed E-state index contributed by atoms with van der Waals surface area (Å²) in [6.45, 7) is 1.80. The average molecular weight is 331 g/mol. The van der Waals surface area contributed by atoms with Crippen molar-refractivity contribution >= 4 is 39.0 Å². The van der Waals surface area contributed by atoms with Crippen LogP contribution < -0.4 is 15.8 Å². The lowest BCUT2D eigenvalue weighted by molar-refractivity contribution is 0.0602. The summed E-state index contributed by atoms with van der Waals surface area (Å²) < 4.78 is 29.6. The number of hydrogen-bond donors (Lipinski definition) is 3. The van der Waals surface area contributed by atoms with Crippen molar-refractivity contribution in [2.24, 2.45) is 5.73 Å². The second-order valence-electron chi connectivity index (χ2n) is 4.40. The van der Waals surface area contributed by atoms with E-state index >= 15 is 0 Å². The molecule has 1 aromatic carbocycles. The third-order valence-electron chi connectivity index (χ3n) is 2.60. The molecular formula is C12H17N3O4S2. The van der Waals surface area contributed by atoms with Gasteiger partial charge < -0.3 is 15.8 Å². The lowest BCUT2D eigenvalue weighted by atomic mass is 10.0. The number of sulfonamides is 1. The molecule has 1 aromatic rings. The Morgan fingerprint density at radius 3 is 2.52 bits per heavy atom. The van der Waals surface area contributed by atoms with Crippen LogP contribution in [0.15, 0.2) is 18.2 Å². The van der Waals surface area contributed by atoms with E-state index in [0.29, 0.717) is 5.56 Å². The first-order chi connectivity index (χ1) is 9.64. The van der Waals surface area contributed by atoms with Crippen LogP contribution in [0.25, 0.3) is 0 Å². The van der Waals surface area contributed by atoms with Crippen LogP contribution in [0.1, 0.15) is 28.9 Å². The second-order valence-corrected chi connectivity index (χ2v) is 6.59. The van der Waals surface area contributed by atoms with Gasteiger partial charge in [0.05, 0.1) is 30.7 Å². The van der Waals surface area contributed by atoms with E-state index in [1.54, 1.807) is 13.0 Å². The fourth-order valence-corrected chi connectivity index (χ4v) is 2.45. The number of benzene rings is 1. The number of rotatable bonds is 5. The molecular weight excluding hydrogens is 314 g/mol. The maximum Gasteiger partial charge on any atom is 0.340 e. The number of carbonyl (C=O) groups excluding carboxylic acids is 1. The van der Waals surface area contributed by atoms with Crippen LogP contribution in [0.3, 0.4) is 0 Å². The van der Waals surface area contributed by atoms with Crippen LogP contribution in [0.4, 0.5) is 5.69 Å². The maximum atomic E-state index is 11.8. The normalized spacial score (nSPS) is 12.3. The Morgan fingerprint density at radius 1 is 1.43 bits per heavy atom. The van der Waals surface area contributed by atoms with Crippen LogP contribution in [0, 0.1) is 0 Å². The number of nitrogens with two attached hydrogens (primary N) is 1. The van der Waals surface area contributed by atoms with Gasteiger partial charge in [0.2, 0.25) is 10.0 Å². The first kappa shape index (κ1) is 17.2. The molecule has 1 rings (SSSR count). The molecule has 0 aliphatic carbocycles. The molecule has 0 heterocycles. The van der Waals surface area contributed by atoms with Gasteiger partial charge in [-0.3, -0.25) is 4.72 Å². The summed E-state index contributed by atoms with van der Waals surface area (Å²) in [5, 5.41) is 2.95. The van der Waals surface area contributed by atoms with Crippen LogP contribution in [0.2, 0.25) is 0 Å². The molecule has 0 saturated carbocycles. The van der Waals surface area contributed by atoms with E-state index in [-0.39, 0.29) is 22.4 Å². The van der Waals surface area contributed by atoms with Crippen molar-refractivity contribution in [3.63, 3.8) is 0 Å². The lowest BCUT2D eigenvalue weighted by Gasteiger charge is -2.17. The third-order valence-corrected chi connectivity index (χ3v) is 3.31. The molecule has 9 heteroatoms. The average Bonchev–Trinajstić information content (AvgIpc) is 2.35. The van der Waals surface area contributed by atoms with E-state index in [1.165, 1.54) is 19.2 Å². The molecule has 1 atom stereocenters. The Morgan fingerprint density at radius 2 is 2.05 bits per heavy atom. The van der Waals surface area contributed by atoms with E-state index in [9.17, 15) is 13.2 Å². The van der Waals surface area contributed by atoms with Crippen molar-refractivity contribution in [2.45, 2.75) is 13.0 Å². The molecule has 0 aromatic heterocycles. The molecule has 4 N–H and O–H groups in total. The standard InChI is InChI=1S/C12H17N3O4S2/c1-7(14-12(13)20)8-4-5-10(15-21(3,17)18)9(6-8)11(16)19-2/h4-7,15H,1-3H3,(H3,13,14,20). The quantitative estimate of drug-likeness (QED) is 0.539. The highest BCUT2D eigenvalue weighted by atomic mass is 32.2. The van der Waals surface area contributed by atoms with Crippen molar-refractivity contribution in [3.05, 3.63) is 29.3 Å². The van der Waals surface area contributed by atoms with Crippen LogP contribution in [-0.2, 0) is 14.8 Å². The number of ether oxygens (including phenoxy) is 1. The van der Waals surface area contributed by atoms with Gasteiger partial charge in [0.15, 0.2) is 5.11 Å². The van der Waals surface area contributed by atoms with E-state index in [1.807, 2.05) is 0 Å². The molecule has 0 amide bonds. The number of thiocarbonyl (C=S) groups is 1. The molecule has 0 radical (unpaired) electrons. The highest BCUT2D eigenvalue weighted by Gasteiger charge is 2.17. The Labute approximate surface area is 128 Å². The molecule has 7 nitrogen and oxygen atoms in total. The Hall–Kier alpha value is -1.87. The van der Waals surface area contributed by atoms with Gasteiger partial charge in [-0.2, -0.15) is 0 Å². The van der Waals surface area contributed by atoms with E-state index in [0.717, 1.165) is 6.26 Å². The van der Waals surface area contributed by atoms with E-state index in [4.69, 9.17) is 18.0 Å². The van der Waals surface area contributed by atoms with Gasteiger partial charge in [-0.1, -0.05) is 6.07 Å². The predicted molar refractivity (Wildman–Crippen MR) is 84.6 cm³/mol. The number of nitrogens with one attached hydrogen (secondary N) is 2. The van der Waals surface area contributed by atoms with Gasteiger partial charge in [-0.15, -0.1) is 0 Å². The molecule has 0 saturated heterocycles. The van der Waals surface area contributed by atoms with Crippen molar-refractivity contribution in [3.8, 4) is 0 Å². The Bertz CT molecular complexity index is 658. The van der Waals surface area contributed by atoms with Crippen LogP contribution in [0.5, 0.6) is 0 Å². The summed E-state index contributed by atoms with van der Waals surface area (Å²) >= 11 is 4.76. The van der Waals surface area contributed by atoms with Gasteiger partial charge in [0, 0.05) is 0 Å². The molecule has 1 unspecified atom stereocenters. The zero-order valence-electron chi connectivity index (χ0n) is 11.8. The minimum atomic E-state index is -3.51. The molecule has 116 valence electrons. The van der Waals surface area contributed by atoms with E-state index in [2.05, 4.69) is 14.8 Å². The SMILES string of the molecule is COC(=O)c1cc(C(C)NC(N)=S)ccc1NS(C)(=O)=O. The predicted octanol–water partition coefficient (Wildman–Crippen LogP) is 0.739. The number of methoxy groups -OCH3 is 1. The highest BCUT2D eigenvalue weighted by Crippen LogP contribution is 2.23. The van der Waals surface area contributed by atoms with Crippen molar-refractivity contribution in [2.75, 3.05) is 18.1 Å². The molecule has 0 bridgehead atoms. The van der Waals surface area contributed by atoms with Crippen LogP contribution in [-0.4, -0.2) is 32.9 Å². The zero-order valence-corrected chi connectivity index (χ0v) is 13.5. The van der Waals surface area contributed by atoms with Crippen molar-refractivity contribution in [1.82, 2.24) is 5.32 Å². The summed E-state index contributed by atoms with van der Waals surface area (Å²) in [5.41, 5.74) is 6.37. The van der Waals surface area contributed by atoms with Gasteiger partial charge in [-0.05, 0) is 36.8 Å². The minimum Gasteiger partial charge on any atom is -0.465 e. The molecule has 21 heavy (non-hydrogen) atoms. The van der Waals surface area contributed by atoms with Gasteiger partial charge in [0.25, 0.3) is 0 Å². The molecule has 0 aliphatic rings. The summed E-state index contributed by atoms with van der Waals surface area (Å²) in [7, 11) is -2.29. The number of carbonyl (C=O) groups is 1. The summed E-state index contributed by atoms with van der Waals surface area (Å²) in [4.78, 5) is 11.8. The summed E-state index contributed by atoms with van der Waals surface area (Å²) in [6.07, 6.45) is 0.999. The topological polar surface area (TPSA) is 111 Å². The van der Waals surface area contributed by atoms with Gasteiger partial charge >= 0.3 is 5.97 Å². The largest absolute Gasteiger partial charge is 0.465 e. The first-order valence-electron chi connectivity index (χ1n) is 5.90.